The maximum Gasteiger partial charge on any atom is 0.306 e. The predicted molar refractivity (Wildman–Crippen MR) is 275 cm³/mol. The predicted octanol–water partition coefficient (Wildman–Crippen LogP) is 12.5. The van der Waals surface area contributed by atoms with Crippen molar-refractivity contribution >= 4 is 22.1 Å². The molecule has 0 amide bonds. The number of ether oxygens (including phenoxy) is 4. The van der Waals surface area contributed by atoms with Crippen LogP contribution in [0.2, 0.25) is 0 Å². The Kier molecular flexibility index (Phi) is 41.3. The van der Waals surface area contributed by atoms with Crippen LogP contribution in [0.5, 0.6) is 0 Å². The second kappa shape index (κ2) is 44.3. The van der Waals surface area contributed by atoms with Crippen LogP contribution in [-0.4, -0.2) is 96.0 Å². The summed E-state index contributed by atoms with van der Waals surface area (Å²) >= 11 is 0. The first-order valence-electron chi connectivity index (χ1n) is 26.8. The molecule has 6 atom stereocenters. The molecule has 0 aromatic rings. The van der Waals surface area contributed by atoms with Crippen molar-refractivity contribution in [1.82, 2.24) is 0 Å². The first kappa shape index (κ1) is 63.4. The van der Waals surface area contributed by atoms with Gasteiger partial charge < -0.3 is 34.3 Å². The first-order chi connectivity index (χ1) is 33.0. The molecule has 1 aliphatic rings. The van der Waals surface area contributed by atoms with Crippen molar-refractivity contribution in [1.29, 1.82) is 0 Å². The minimum absolute atomic E-state index is 0.0868. The highest BCUT2D eigenvalue weighted by Crippen LogP contribution is 2.24. The molecule has 13 heteroatoms. The fourth-order valence-corrected chi connectivity index (χ4v) is 8.59. The van der Waals surface area contributed by atoms with Crippen LogP contribution in [0, 0.1) is 0 Å². The summed E-state index contributed by atoms with van der Waals surface area (Å²) in [6.07, 6.45) is 46.9. The molecule has 68 heavy (non-hydrogen) atoms. The van der Waals surface area contributed by atoms with Gasteiger partial charge in [0.1, 0.15) is 36.8 Å². The van der Waals surface area contributed by atoms with E-state index < -0.39 is 71.2 Å². The molecule has 0 aromatic carbocycles. The van der Waals surface area contributed by atoms with E-state index >= 15 is 0 Å². The first-order valence-corrected chi connectivity index (χ1v) is 28.5. The third-order valence-electron chi connectivity index (χ3n) is 12.1. The quantitative estimate of drug-likeness (QED) is 0.0196. The highest BCUT2D eigenvalue weighted by atomic mass is 32.2. The molecular weight excluding hydrogens is 885 g/mol. The van der Waals surface area contributed by atoms with Crippen molar-refractivity contribution < 1.29 is 56.8 Å². The van der Waals surface area contributed by atoms with E-state index in [0.29, 0.717) is 19.3 Å². The Bertz CT molecular complexity index is 1470. The fraction of sp³-hybridized carbons (Fsp3) is 0.782. The molecule has 394 valence electrons. The topological polar surface area (TPSA) is 186 Å². The Morgan fingerprint density at radius 1 is 0.500 bits per heavy atom. The van der Waals surface area contributed by atoms with E-state index in [1.54, 1.807) is 0 Å². The fourth-order valence-electron chi connectivity index (χ4n) is 7.90. The maximum absolute atomic E-state index is 12.9. The summed E-state index contributed by atoms with van der Waals surface area (Å²) in [5.41, 5.74) is 0. The highest BCUT2D eigenvalue weighted by Gasteiger charge is 2.46. The van der Waals surface area contributed by atoms with Crippen LogP contribution in [0.3, 0.4) is 0 Å². The molecule has 0 radical (unpaired) electrons. The average molecular weight is 981 g/mol. The zero-order valence-electron chi connectivity index (χ0n) is 42.4. The maximum atomic E-state index is 12.9. The molecule has 0 spiro atoms. The van der Waals surface area contributed by atoms with Gasteiger partial charge in [-0.2, -0.15) is 8.42 Å². The summed E-state index contributed by atoms with van der Waals surface area (Å²) in [6.45, 7) is 3.73. The number of rotatable bonds is 45. The van der Waals surface area contributed by atoms with Gasteiger partial charge in [-0.15, -0.1) is 0 Å². The monoisotopic (exact) mass is 981 g/mol. The van der Waals surface area contributed by atoms with E-state index in [2.05, 4.69) is 62.5 Å². The second-order valence-electron chi connectivity index (χ2n) is 18.5. The lowest BCUT2D eigenvalue weighted by atomic mass is 10.00. The summed E-state index contributed by atoms with van der Waals surface area (Å²) in [5.74, 6) is -2.06. The summed E-state index contributed by atoms with van der Waals surface area (Å²) < 4.78 is 54.2. The lowest BCUT2D eigenvalue weighted by Crippen LogP contribution is -2.60. The van der Waals surface area contributed by atoms with Crippen LogP contribution in [-0.2, 0) is 38.7 Å². The van der Waals surface area contributed by atoms with Crippen LogP contribution in [0.25, 0.3) is 0 Å². The Morgan fingerprint density at radius 2 is 0.897 bits per heavy atom. The molecule has 0 aromatic heterocycles. The van der Waals surface area contributed by atoms with Crippen molar-refractivity contribution in [3.8, 4) is 0 Å². The Hall–Kier alpha value is -2.65. The van der Waals surface area contributed by atoms with Gasteiger partial charge in [-0.1, -0.05) is 190 Å². The zero-order valence-corrected chi connectivity index (χ0v) is 43.3. The van der Waals surface area contributed by atoms with Crippen molar-refractivity contribution in [3.63, 3.8) is 0 Å². The van der Waals surface area contributed by atoms with Crippen molar-refractivity contribution in [2.75, 3.05) is 19.0 Å². The van der Waals surface area contributed by atoms with Crippen LogP contribution in [0.15, 0.2) is 60.8 Å². The standard InChI is InChI=1S/C55H96O12S/c1-3-5-7-9-11-13-15-17-19-21-23-24-26-28-30-32-34-36-38-40-42-44-51(57)66-48(46-65-55-54(60)53(59)52(58)49(67-55)47-68(61,62)63)45-64-50(56)43-41-39-37-35-33-31-29-27-25-22-20-18-16-14-12-10-8-6-4-2/h18-21,24,26,30,32,36,38,48-49,52-55,58-60H,3-17,22-23,25,27-29,31,33-35,37,39-47H2,1-2H3,(H,61,62,63)/b20-18+,21-19+,26-24+,32-30+,38-36+/t48-,49-,52-,53?,54?,55+/m1/s1. The SMILES string of the molecule is CCCCCCCC/C=C/CCCCCCCCCCCC(=O)OC[C@H](CO[C@H]1O[C@H](CS(=O)(=O)O)[C@@H](O)C(O)C1O)OC(=O)CCC/C=C/C/C=C/C/C=C/C/C=C/CCCCCCCCC. The van der Waals surface area contributed by atoms with Gasteiger partial charge in [0.2, 0.25) is 0 Å². The Labute approximate surface area is 413 Å². The molecule has 1 heterocycles. The number of esters is 2. The molecule has 1 rings (SSSR count). The highest BCUT2D eigenvalue weighted by molar-refractivity contribution is 7.85. The molecule has 1 saturated heterocycles. The lowest BCUT2D eigenvalue weighted by molar-refractivity contribution is -0.297. The van der Waals surface area contributed by atoms with E-state index in [-0.39, 0.29) is 19.4 Å². The normalized spacial score (nSPS) is 19.6. The average Bonchev–Trinajstić information content (AvgIpc) is 3.31. The number of aliphatic hydroxyl groups is 3. The second-order valence-corrected chi connectivity index (χ2v) is 20.0. The van der Waals surface area contributed by atoms with Gasteiger partial charge in [0.25, 0.3) is 10.1 Å². The number of allylic oxidation sites excluding steroid dienone is 10. The molecule has 1 aliphatic heterocycles. The van der Waals surface area contributed by atoms with Gasteiger partial charge >= 0.3 is 11.9 Å². The van der Waals surface area contributed by atoms with E-state index in [9.17, 15) is 37.9 Å². The van der Waals surface area contributed by atoms with Gasteiger partial charge in [0.05, 0.1) is 6.61 Å². The van der Waals surface area contributed by atoms with Crippen LogP contribution in [0.4, 0.5) is 0 Å². The Balaban J connectivity index is 2.41. The van der Waals surface area contributed by atoms with E-state index in [0.717, 1.165) is 44.9 Å². The molecule has 0 bridgehead atoms. The van der Waals surface area contributed by atoms with Gasteiger partial charge in [0, 0.05) is 12.8 Å². The number of unbranched alkanes of at least 4 members (excludes halogenated alkanes) is 23. The zero-order chi connectivity index (χ0) is 49.8. The largest absolute Gasteiger partial charge is 0.462 e. The van der Waals surface area contributed by atoms with Crippen LogP contribution < -0.4 is 0 Å². The number of hydrogen-bond donors (Lipinski definition) is 4. The molecule has 0 saturated carbocycles. The summed E-state index contributed by atoms with van der Waals surface area (Å²) in [6, 6.07) is 0. The van der Waals surface area contributed by atoms with Gasteiger partial charge in [-0.25, -0.2) is 0 Å². The van der Waals surface area contributed by atoms with Crippen LogP contribution in [0.1, 0.15) is 219 Å². The number of hydrogen-bond acceptors (Lipinski definition) is 11. The van der Waals surface area contributed by atoms with Gasteiger partial charge in [0.15, 0.2) is 12.4 Å². The third kappa shape index (κ3) is 38.1. The molecule has 0 aliphatic carbocycles. The smallest absolute Gasteiger partial charge is 0.306 e. The molecule has 1 fully saturated rings. The number of carbonyl (C=O) groups is 2. The third-order valence-corrected chi connectivity index (χ3v) is 12.8. The van der Waals surface area contributed by atoms with E-state index in [1.807, 2.05) is 12.2 Å². The molecule has 12 nitrogen and oxygen atoms in total. The molecule has 4 N–H and O–H groups in total. The summed E-state index contributed by atoms with van der Waals surface area (Å²) in [7, 11) is -4.62. The number of aliphatic hydroxyl groups excluding tert-OH is 3. The number of carbonyl (C=O) groups excluding carboxylic acids is 2. The molecular formula is C55H96O12S. The van der Waals surface area contributed by atoms with Crippen molar-refractivity contribution in [2.45, 2.75) is 256 Å². The lowest BCUT2D eigenvalue weighted by Gasteiger charge is -2.40. The van der Waals surface area contributed by atoms with Crippen molar-refractivity contribution in [3.05, 3.63) is 60.8 Å². The van der Waals surface area contributed by atoms with Gasteiger partial charge in [-0.05, 0) is 77.0 Å². The van der Waals surface area contributed by atoms with Crippen LogP contribution >= 0.6 is 0 Å². The Morgan fingerprint density at radius 3 is 1.37 bits per heavy atom. The van der Waals surface area contributed by atoms with Gasteiger partial charge in [-0.3, -0.25) is 14.1 Å². The molecule has 2 unspecified atom stereocenters. The minimum Gasteiger partial charge on any atom is -0.462 e. The van der Waals surface area contributed by atoms with E-state index in [4.69, 9.17) is 18.9 Å². The van der Waals surface area contributed by atoms with Crippen molar-refractivity contribution in [2.24, 2.45) is 0 Å². The summed E-state index contributed by atoms with van der Waals surface area (Å²) in [5, 5.41) is 31.0. The van der Waals surface area contributed by atoms with E-state index in [1.165, 1.54) is 128 Å². The minimum atomic E-state index is -4.62. The summed E-state index contributed by atoms with van der Waals surface area (Å²) in [4.78, 5) is 25.5.